The van der Waals surface area contributed by atoms with E-state index in [1.807, 2.05) is 36.1 Å². The number of aliphatic hydroxyl groups is 1. The number of hydrogen-bond acceptors (Lipinski definition) is 3. The Balaban J connectivity index is 1.89. The van der Waals surface area contributed by atoms with Gasteiger partial charge in [-0.1, -0.05) is 36.5 Å². The van der Waals surface area contributed by atoms with Crippen LogP contribution in [0.1, 0.15) is 30.9 Å². The third kappa shape index (κ3) is 4.25. The van der Waals surface area contributed by atoms with Crippen molar-refractivity contribution >= 4 is 23.1 Å². The first-order chi connectivity index (χ1) is 9.97. The van der Waals surface area contributed by atoms with Gasteiger partial charge in [0, 0.05) is 18.7 Å². The lowest BCUT2D eigenvalue weighted by Crippen LogP contribution is -2.41. The van der Waals surface area contributed by atoms with E-state index in [2.05, 4.69) is 0 Å². The number of nitrogens with two attached hydrogens (primary N) is 1. The van der Waals surface area contributed by atoms with Crippen molar-refractivity contribution in [2.45, 2.75) is 32.3 Å². The van der Waals surface area contributed by atoms with Crippen LogP contribution in [-0.2, 0) is 11.2 Å². The fourth-order valence-corrected chi connectivity index (χ4v) is 2.84. The number of thiocarbonyl (C=S) groups is 1. The molecule has 0 spiro atoms. The first-order valence-electron chi connectivity index (χ1n) is 7.32. The van der Waals surface area contributed by atoms with Crippen molar-refractivity contribution in [1.82, 2.24) is 4.90 Å². The van der Waals surface area contributed by atoms with Crippen LogP contribution < -0.4 is 5.73 Å². The Bertz CT molecular complexity index is 506. The molecule has 0 aromatic heterocycles. The van der Waals surface area contributed by atoms with Gasteiger partial charge in [-0.15, -0.1) is 0 Å². The molecule has 2 rings (SSSR count). The Morgan fingerprint density at radius 2 is 1.95 bits per heavy atom. The van der Waals surface area contributed by atoms with E-state index in [0.29, 0.717) is 17.3 Å². The molecule has 1 unspecified atom stereocenters. The molecular weight excluding hydrogens is 284 g/mol. The minimum absolute atomic E-state index is 0.141. The van der Waals surface area contributed by atoms with E-state index in [9.17, 15) is 9.90 Å². The summed E-state index contributed by atoms with van der Waals surface area (Å²) in [7, 11) is 0. The van der Waals surface area contributed by atoms with Gasteiger partial charge >= 0.3 is 0 Å². The minimum Gasteiger partial charge on any atom is -0.393 e. The fourth-order valence-electron chi connectivity index (χ4n) is 2.70. The lowest BCUT2D eigenvalue weighted by atomic mass is 9.92. The average molecular weight is 306 g/mol. The molecule has 5 heteroatoms. The number of aliphatic hydroxyl groups excluding tert-OH is 1. The van der Waals surface area contributed by atoms with E-state index >= 15 is 0 Å². The molecule has 1 heterocycles. The van der Waals surface area contributed by atoms with E-state index < -0.39 is 0 Å². The highest BCUT2D eigenvalue weighted by atomic mass is 32.1. The molecule has 0 bridgehead atoms. The zero-order valence-electron chi connectivity index (χ0n) is 12.3. The summed E-state index contributed by atoms with van der Waals surface area (Å²) >= 11 is 4.91. The predicted molar refractivity (Wildman–Crippen MR) is 87.0 cm³/mol. The first kappa shape index (κ1) is 15.9. The topological polar surface area (TPSA) is 66.6 Å². The molecule has 1 saturated heterocycles. The fraction of sp³-hybridized carbons (Fsp3) is 0.500. The van der Waals surface area contributed by atoms with E-state index in [0.717, 1.165) is 37.1 Å². The third-order valence-corrected chi connectivity index (χ3v) is 4.40. The van der Waals surface area contributed by atoms with Crippen LogP contribution in [0.2, 0.25) is 0 Å². The Morgan fingerprint density at radius 1 is 1.38 bits per heavy atom. The third-order valence-electron chi connectivity index (χ3n) is 4.17. The van der Waals surface area contributed by atoms with Gasteiger partial charge in [0.15, 0.2) is 0 Å². The van der Waals surface area contributed by atoms with Crippen LogP contribution in [0.4, 0.5) is 0 Å². The summed E-state index contributed by atoms with van der Waals surface area (Å²) in [5.41, 5.74) is 7.34. The first-order valence-corrected chi connectivity index (χ1v) is 7.73. The second-order valence-corrected chi connectivity index (χ2v) is 6.14. The smallest absolute Gasteiger partial charge is 0.226 e. The molecule has 1 fully saturated rings. The number of piperidine rings is 1. The number of rotatable bonds is 4. The largest absolute Gasteiger partial charge is 0.393 e. The average Bonchev–Trinajstić information content (AvgIpc) is 2.47. The van der Waals surface area contributed by atoms with Gasteiger partial charge in [0.2, 0.25) is 5.91 Å². The van der Waals surface area contributed by atoms with Crippen molar-refractivity contribution in [1.29, 1.82) is 0 Å². The monoisotopic (exact) mass is 306 g/mol. The van der Waals surface area contributed by atoms with Crippen molar-refractivity contribution in [3.05, 3.63) is 35.4 Å². The second-order valence-electron chi connectivity index (χ2n) is 5.70. The maximum absolute atomic E-state index is 12.3. The molecular formula is C16H22N2O2S. The number of benzene rings is 1. The highest BCUT2D eigenvalue weighted by Gasteiger charge is 2.25. The van der Waals surface area contributed by atoms with Gasteiger partial charge in [-0.2, -0.15) is 0 Å². The molecule has 1 aliphatic rings. The number of hydrogen-bond donors (Lipinski definition) is 2. The quantitative estimate of drug-likeness (QED) is 0.827. The highest BCUT2D eigenvalue weighted by Crippen LogP contribution is 2.21. The predicted octanol–water partition coefficient (Wildman–Crippen LogP) is 1.48. The molecule has 3 N–H and O–H groups in total. The van der Waals surface area contributed by atoms with Crippen LogP contribution in [0, 0.1) is 5.92 Å². The van der Waals surface area contributed by atoms with E-state index in [1.54, 1.807) is 0 Å². The van der Waals surface area contributed by atoms with E-state index in [4.69, 9.17) is 18.0 Å². The molecule has 21 heavy (non-hydrogen) atoms. The Hall–Kier alpha value is -1.46. The molecule has 0 saturated carbocycles. The van der Waals surface area contributed by atoms with E-state index in [1.165, 1.54) is 0 Å². The second kappa shape index (κ2) is 7.00. The van der Waals surface area contributed by atoms with Crippen molar-refractivity contribution in [3.63, 3.8) is 0 Å². The van der Waals surface area contributed by atoms with Gasteiger partial charge in [-0.05, 0) is 31.2 Å². The minimum atomic E-state index is -0.283. The molecule has 1 atom stereocenters. The van der Waals surface area contributed by atoms with Gasteiger partial charge in [-0.25, -0.2) is 0 Å². The van der Waals surface area contributed by atoms with Crippen LogP contribution in [0.5, 0.6) is 0 Å². The summed E-state index contributed by atoms with van der Waals surface area (Å²) in [6.45, 7) is 3.30. The molecule has 1 aliphatic heterocycles. The summed E-state index contributed by atoms with van der Waals surface area (Å²) < 4.78 is 0. The standard InChI is InChI=1S/C16H22N2O2S/c1-11(19)13-6-8-18(9-7-13)15(20)10-12-2-4-14(5-3-12)16(17)21/h2-5,11,13,19H,6-10H2,1H3,(H2,17,21). The van der Waals surface area contributed by atoms with Crippen LogP contribution in [0.3, 0.4) is 0 Å². The van der Waals surface area contributed by atoms with Crippen molar-refractivity contribution in [3.8, 4) is 0 Å². The molecule has 1 aromatic carbocycles. The number of nitrogens with zero attached hydrogens (tertiary/aromatic N) is 1. The normalized spacial score (nSPS) is 17.5. The van der Waals surface area contributed by atoms with Gasteiger partial charge < -0.3 is 15.7 Å². The molecule has 0 radical (unpaired) electrons. The summed E-state index contributed by atoms with van der Waals surface area (Å²) in [5.74, 6) is 0.459. The molecule has 114 valence electrons. The summed E-state index contributed by atoms with van der Waals surface area (Å²) in [4.78, 5) is 14.5. The maximum Gasteiger partial charge on any atom is 0.226 e. The lowest BCUT2D eigenvalue weighted by Gasteiger charge is -2.33. The van der Waals surface area contributed by atoms with Crippen LogP contribution in [-0.4, -0.2) is 40.1 Å². The van der Waals surface area contributed by atoms with Gasteiger partial charge in [-0.3, -0.25) is 4.79 Å². The number of amides is 1. The molecule has 4 nitrogen and oxygen atoms in total. The Morgan fingerprint density at radius 3 is 2.43 bits per heavy atom. The van der Waals surface area contributed by atoms with Crippen molar-refractivity contribution in [2.24, 2.45) is 11.7 Å². The zero-order chi connectivity index (χ0) is 15.4. The van der Waals surface area contributed by atoms with Gasteiger partial charge in [0.25, 0.3) is 0 Å². The number of likely N-dealkylation sites (tertiary alicyclic amines) is 1. The molecule has 1 amide bonds. The van der Waals surface area contributed by atoms with Gasteiger partial charge in [0.05, 0.1) is 12.5 Å². The van der Waals surface area contributed by atoms with Crippen LogP contribution >= 0.6 is 12.2 Å². The van der Waals surface area contributed by atoms with Crippen molar-refractivity contribution < 1.29 is 9.90 Å². The lowest BCUT2D eigenvalue weighted by molar-refractivity contribution is -0.132. The molecule has 0 aliphatic carbocycles. The number of carbonyl (C=O) groups is 1. The van der Waals surface area contributed by atoms with Crippen molar-refractivity contribution in [2.75, 3.05) is 13.1 Å². The molecule has 1 aromatic rings. The van der Waals surface area contributed by atoms with Gasteiger partial charge in [0.1, 0.15) is 4.99 Å². The van der Waals surface area contributed by atoms with E-state index in [-0.39, 0.29) is 12.0 Å². The number of carbonyl (C=O) groups excluding carboxylic acids is 1. The highest BCUT2D eigenvalue weighted by molar-refractivity contribution is 7.80. The summed E-state index contributed by atoms with van der Waals surface area (Å²) in [6, 6.07) is 7.50. The van der Waals surface area contributed by atoms with Crippen LogP contribution in [0.15, 0.2) is 24.3 Å². The Labute approximate surface area is 130 Å². The summed E-state index contributed by atoms with van der Waals surface area (Å²) in [5, 5.41) is 9.58. The Kier molecular flexibility index (Phi) is 5.31. The SMILES string of the molecule is CC(O)C1CCN(C(=O)Cc2ccc(C(N)=S)cc2)CC1. The summed E-state index contributed by atoms with van der Waals surface area (Å²) in [6.07, 6.45) is 1.87. The maximum atomic E-state index is 12.3. The van der Waals surface area contributed by atoms with Crippen LogP contribution in [0.25, 0.3) is 0 Å². The zero-order valence-corrected chi connectivity index (χ0v) is 13.1.